The number of nitrogens with zero attached hydrogens (tertiary/aromatic N) is 2. The molecule has 1 aliphatic carbocycles. The molecule has 25 heavy (non-hydrogen) atoms. The van der Waals surface area contributed by atoms with Crippen LogP contribution in [0.2, 0.25) is 0 Å². The molecule has 1 fully saturated rings. The second kappa shape index (κ2) is 8.38. The Hall–Kier alpha value is -2.02. The molecule has 1 aromatic heterocycles. The Bertz CT molecular complexity index is 702. The number of nitrogens with one attached hydrogen (secondary N) is 1. The quantitative estimate of drug-likeness (QED) is 0.793. The summed E-state index contributed by atoms with van der Waals surface area (Å²) in [6, 6.07) is 7.69. The van der Waals surface area contributed by atoms with Gasteiger partial charge in [-0.05, 0) is 43.0 Å². The molecule has 6 nitrogen and oxygen atoms in total. The van der Waals surface area contributed by atoms with E-state index in [2.05, 4.69) is 22.4 Å². The lowest BCUT2D eigenvalue weighted by atomic mass is 9.86. The SMILES string of the molecule is COc1ccc(-c2nnc(SCC(=O)N[C@@H]3CCCC[C@H]3C)o2)cc1. The standard InChI is InChI=1S/C18H23N3O3S/c1-12-5-3-4-6-15(12)19-16(22)11-25-18-21-20-17(24-18)13-7-9-14(23-2)10-8-13/h7-10,12,15H,3-6,11H2,1-2H3,(H,19,22)/t12-,15-/m1/s1. The van der Waals surface area contributed by atoms with Gasteiger partial charge in [-0.15, -0.1) is 10.2 Å². The van der Waals surface area contributed by atoms with Crippen LogP contribution < -0.4 is 10.1 Å². The Morgan fingerprint density at radius 2 is 2.04 bits per heavy atom. The first kappa shape index (κ1) is 17.8. The first-order valence-electron chi connectivity index (χ1n) is 8.56. The van der Waals surface area contributed by atoms with Crippen molar-refractivity contribution in [3.63, 3.8) is 0 Å². The molecule has 0 spiro atoms. The van der Waals surface area contributed by atoms with Crippen LogP contribution in [0.4, 0.5) is 0 Å². The Morgan fingerprint density at radius 1 is 1.28 bits per heavy atom. The molecule has 0 unspecified atom stereocenters. The molecule has 3 rings (SSSR count). The van der Waals surface area contributed by atoms with Crippen molar-refractivity contribution in [3.8, 4) is 17.2 Å². The smallest absolute Gasteiger partial charge is 0.277 e. The highest BCUT2D eigenvalue weighted by Gasteiger charge is 2.23. The maximum absolute atomic E-state index is 12.1. The van der Waals surface area contributed by atoms with Gasteiger partial charge in [-0.25, -0.2) is 0 Å². The molecule has 1 saturated carbocycles. The van der Waals surface area contributed by atoms with E-state index in [1.165, 1.54) is 31.0 Å². The van der Waals surface area contributed by atoms with Gasteiger partial charge in [-0.2, -0.15) is 0 Å². The Kier molecular flexibility index (Phi) is 5.96. The summed E-state index contributed by atoms with van der Waals surface area (Å²) >= 11 is 1.26. The number of hydrogen-bond acceptors (Lipinski definition) is 6. The van der Waals surface area contributed by atoms with Gasteiger partial charge in [0.2, 0.25) is 11.8 Å². The fraction of sp³-hybridized carbons (Fsp3) is 0.500. The van der Waals surface area contributed by atoms with E-state index in [9.17, 15) is 4.79 Å². The van der Waals surface area contributed by atoms with E-state index < -0.39 is 0 Å². The molecule has 7 heteroatoms. The van der Waals surface area contributed by atoms with E-state index in [4.69, 9.17) is 9.15 Å². The summed E-state index contributed by atoms with van der Waals surface area (Å²) in [6.07, 6.45) is 4.71. The fourth-order valence-corrected chi connectivity index (χ4v) is 3.60. The predicted octanol–water partition coefficient (Wildman–Crippen LogP) is 3.53. The highest BCUT2D eigenvalue weighted by molar-refractivity contribution is 7.99. The zero-order valence-corrected chi connectivity index (χ0v) is 15.3. The van der Waals surface area contributed by atoms with Crippen LogP contribution in [-0.2, 0) is 4.79 Å². The molecular formula is C18H23N3O3S. The summed E-state index contributed by atoms with van der Waals surface area (Å²) in [5.41, 5.74) is 0.820. The lowest BCUT2D eigenvalue weighted by Gasteiger charge is -2.29. The molecule has 0 aliphatic heterocycles. The van der Waals surface area contributed by atoms with Gasteiger partial charge in [0.05, 0.1) is 12.9 Å². The molecule has 1 amide bonds. The number of thioether (sulfide) groups is 1. The number of hydrogen-bond donors (Lipinski definition) is 1. The highest BCUT2D eigenvalue weighted by Crippen LogP contribution is 2.26. The third kappa shape index (κ3) is 4.75. The van der Waals surface area contributed by atoms with E-state index in [0.29, 0.717) is 23.1 Å². The predicted molar refractivity (Wildman–Crippen MR) is 96.6 cm³/mol. The van der Waals surface area contributed by atoms with Crippen LogP contribution in [0.15, 0.2) is 33.9 Å². The van der Waals surface area contributed by atoms with Gasteiger partial charge in [-0.1, -0.05) is 31.5 Å². The van der Waals surface area contributed by atoms with Crippen molar-refractivity contribution in [2.75, 3.05) is 12.9 Å². The minimum Gasteiger partial charge on any atom is -0.497 e. The van der Waals surface area contributed by atoms with Gasteiger partial charge in [0, 0.05) is 11.6 Å². The van der Waals surface area contributed by atoms with Crippen LogP contribution >= 0.6 is 11.8 Å². The van der Waals surface area contributed by atoms with Crippen LogP contribution in [-0.4, -0.2) is 35.0 Å². The minimum absolute atomic E-state index is 0.0212. The van der Waals surface area contributed by atoms with Gasteiger partial charge in [0.25, 0.3) is 5.22 Å². The molecular weight excluding hydrogens is 338 g/mol. The Balaban J connectivity index is 1.51. The average Bonchev–Trinajstić information content (AvgIpc) is 3.11. The first-order valence-corrected chi connectivity index (χ1v) is 9.54. The zero-order chi connectivity index (χ0) is 17.6. The molecule has 0 saturated heterocycles. The summed E-state index contributed by atoms with van der Waals surface area (Å²) in [4.78, 5) is 12.1. The third-order valence-electron chi connectivity index (χ3n) is 4.53. The van der Waals surface area contributed by atoms with Crippen LogP contribution in [0.1, 0.15) is 32.6 Å². The van der Waals surface area contributed by atoms with E-state index in [-0.39, 0.29) is 11.7 Å². The van der Waals surface area contributed by atoms with Gasteiger partial charge < -0.3 is 14.5 Å². The van der Waals surface area contributed by atoms with Crippen LogP contribution in [0.5, 0.6) is 5.75 Å². The summed E-state index contributed by atoms with van der Waals surface area (Å²) in [7, 11) is 1.62. The lowest BCUT2D eigenvalue weighted by molar-refractivity contribution is -0.119. The van der Waals surface area contributed by atoms with Crippen molar-refractivity contribution in [1.82, 2.24) is 15.5 Å². The topological polar surface area (TPSA) is 77.2 Å². The van der Waals surface area contributed by atoms with Crippen molar-refractivity contribution in [2.45, 2.75) is 43.9 Å². The second-order valence-electron chi connectivity index (χ2n) is 6.33. The molecule has 134 valence electrons. The number of rotatable bonds is 6. The average molecular weight is 361 g/mol. The summed E-state index contributed by atoms with van der Waals surface area (Å²) in [6.45, 7) is 2.20. The van der Waals surface area contributed by atoms with Crippen molar-refractivity contribution >= 4 is 17.7 Å². The van der Waals surface area contributed by atoms with Gasteiger partial charge >= 0.3 is 0 Å². The molecule has 1 aromatic carbocycles. The monoisotopic (exact) mass is 361 g/mol. The number of carbonyl (C=O) groups excluding carboxylic acids is 1. The molecule has 1 aliphatic rings. The van der Waals surface area contributed by atoms with E-state index in [1.54, 1.807) is 7.11 Å². The number of methoxy groups -OCH3 is 1. The van der Waals surface area contributed by atoms with E-state index in [0.717, 1.165) is 17.7 Å². The highest BCUT2D eigenvalue weighted by atomic mass is 32.2. The van der Waals surface area contributed by atoms with Crippen molar-refractivity contribution in [2.24, 2.45) is 5.92 Å². The molecule has 1 heterocycles. The van der Waals surface area contributed by atoms with Crippen LogP contribution in [0, 0.1) is 5.92 Å². The van der Waals surface area contributed by atoms with E-state index >= 15 is 0 Å². The second-order valence-corrected chi connectivity index (χ2v) is 7.25. The number of benzene rings is 1. The Labute approximate surface area is 151 Å². The number of ether oxygens (including phenoxy) is 1. The summed E-state index contributed by atoms with van der Waals surface area (Å²) < 4.78 is 10.8. The molecule has 2 aromatic rings. The summed E-state index contributed by atoms with van der Waals surface area (Å²) in [5.74, 6) is 2.06. The third-order valence-corrected chi connectivity index (χ3v) is 5.35. The number of amides is 1. The molecule has 0 radical (unpaired) electrons. The minimum atomic E-state index is 0.0212. The largest absolute Gasteiger partial charge is 0.497 e. The van der Waals surface area contributed by atoms with Crippen molar-refractivity contribution in [3.05, 3.63) is 24.3 Å². The number of aromatic nitrogens is 2. The number of carbonyl (C=O) groups is 1. The maximum Gasteiger partial charge on any atom is 0.277 e. The van der Waals surface area contributed by atoms with Crippen LogP contribution in [0.25, 0.3) is 11.5 Å². The van der Waals surface area contributed by atoms with Crippen molar-refractivity contribution < 1.29 is 13.9 Å². The lowest BCUT2D eigenvalue weighted by Crippen LogP contribution is -2.41. The maximum atomic E-state index is 12.1. The van der Waals surface area contributed by atoms with Crippen molar-refractivity contribution in [1.29, 1.82) is 0 Å². The first-order chi connectivity index (χ1) is 12.2. The fourth-order valence-electron chi connectivity index (χ4n) is 3.02. The van der Waals surface area contributed by atoms with Gasteiger partial charge in [0.1, 0.15) is 5.75 Å². The normalized spacial score (nSPS) is 20.2. The molecule has 2 atom stereocenters. The zero-order valence-electron chi connectivity index (χ0n) is 14.5. The Morgan fingerprint density at radius 3 is 2.76 bits per heavy atom. The van der Waals surface area contributed by atoms with Crippen LogP contribution in [0.3, 0.4) is 0 Å². The van der Waals surface area contributed by atoms with Gasteiger partial charge in [-0.3, -0.25) is 4.79 Å². The summed E-state index contributed by atoms with van der Waals surface area (Å²) in [5, 5.41) is 11.6. The molecule has 1 N–H and O–H groups in total. The van der Waals surface area contributed by atoms with Gasteiger partial charge in [0.15, 0.2) is 0 Å². The molecule has 0 bridgehead atoms. The van der Waals surface area contributed by atoms with E-state index in [1.807, 2.05) is 24.3 Å².